The second-order valence-electron chi connectivity index (χ2n) is 5.71. The molecule has 1 amide bonds. The molecule has 0 aliphatic rings. The lowest BCUT2D eigenvalue weighted by Gasteiger charge is -2.12. The number of hydrogen-bond acceptors (Lipinski definition) is 5. The fourth-order valence-corrected chi connectivity index (χ4v) is 2.27. The summed E-state index contributed by atoms with van der Waals surface area (Å²) in [7, 11) is 0. The molecule has 1 aromatic heterocycles. The Kier molecular flexibility index (Phi) is 6.31. The predicted octanol–water partition coefficient (Wildman–Crippen LogP) is 1.47. The standard InChI is InChI=1S/C17H24N4O3/c1-4-14(22)10-21-11-15(19-20-21)17(23)18-8-9-24-16-12(2)6-5-7-13(16)3/h5-7,11,14,22H,4,8-10H2,1-3H3,(H,18,23). The quantitative estimate of drug-likeness (QED) is 0.715. The van der Waals surface area contributed by atoms with E-state index in [9.17, 15) is 9.90 Å². The Hall–Kier alpha value is -2.41. The van der Waals surface area contributed by atoms with Gasteiger partial charge in [-0.3, -0.25) is 4.79 Å². The predicted molar refractivity (Wildman–Crippen MR) is 90.1 cm³/mol. The van der Waals surface area contributed by atoms with Crippen LogP contribution >= 0.6 is 0 Å². The smallest absolute Gasteiger partial charge is 0.273 e. The molecule has 1 unspecified atom stereocenters. The number of carbonyl (C=O) groups excluding carboxylic acids is 1. The maximum absolute atomic E-state index is 12.0. The minimum Gasteiger partial charge on any atom is -0.491 e. The molecule has 0 bridgehead atoms. The fourth-order valence-electron chi connectivity index (χ4n) is 2.27. The molecular formula is C17H24N4O3. The maximum atomic E-state index is 12.0. The number of para-hydroxylation sites is 1. The summed E-state index contributed by atoms with van der Waals surface area (Å²) in [4.78, 5) is 12.0. The van der Waals surface area contributed by atoms with Crippen LogP contribution in [0.3, 0.4) is 0 Å². The Morgan fingerprint density at radius 3 is 2.75 bits per heavy atom. The average Bonchev–Trinajstić information content (AvgIpc) is 3.02. The summed E-state index contributed by atoms with van der Waals surface area (Å²) in [6, 6.07) is 5.96. The highest BCUT2D eigenvalue weighted by Gasteiger charge is 2.12. The van der Waals surface area contributed by atoms with Gasteiger partial charge in [-0.05, 0) is 31.4 Å². The molecule has 1 atom stereocenters. The van der Waals surface area contributed by atoms with E-state index >= 15 is 0 Å². The molecule has 2 rings (SSSR count). The van der Waals surface area contributed by atoms with Crippen LogP contribution in [0.1, 0.15) is 35.0 Å². The summed E-state index contributed by atoms with van der Waals surface area (Å²) >= 11 is 0. The topological polar surface area (TPSA) is 89.3 Å². The lowest BCUT2D eigenvalue weighted by Crippen LogP contribution is -2.28. The zero-order chi connectivity index (χ0) is 17.5. The van der Waals surface area contributed by atoms with Crippen molar-refractivity contribution in [2.45, 2.75) is 39.8 Å². The van der Waals surface area contributed by atoms with E-state index in [2.05, 4.69) is 15.6 Å². The van der Waals surface area contributed by atoms with E-state index < -0.39 is 6.10 Å². The van der Waals surface area contributed by atoms with Crippen molar-refractivity contribution in [3.63, 3.8) is 0 Å². The molecule has 0 saturated heterocycles. The van der Waals surface area contributed by atoms with Gasteiger partial charge in [-0.25, -0.2) is 4.68 Å². The van der Waals surface area contributed by atoms with Crippen molar-refractivity contribution in [1.82, 2.24) is 20.3 Å². The number of carbonyl (C=O) groups is 1. The van der Waals surface area contributed by atoms with Crippen LogP contribution in [0.4, 0.5) is 0 Å². The van der Waals surface area contributed by atoms with Crippen LogP contribution in [0.15, 0.2) is 24.4 Å². The third-order valence-electron chi connectivity index (χ3n) is 3.68. The number of aromatic nitrogens is 3. The van der Waals surface area contributed by atoms with E-state index in [1.54, 1.807) is 0 Å². The summed E-state index contributed by atoms with van der Waals surface area (Å²) in [5.41, 5.74) is 2.36. The van der Waals surface area contributed by atoms with Crippen molar-refractivity contribution < 1.29 is 14.6 Å². The third kappa shape index (κ3) is 4.79. The van der Waals surface area contributed by atoms with E-state index in [0.717, 1.165) is 16.9 Å². The lowest BCUT2D eigenvalue weighted by atomic mass is 10.1. The van der Waals surface area contributed by atoms with Crippen molar-refractivity contribution in [3.05, 3.63) is 41.2 Å². The number of ether oxygens (including phenoxy) is 1. The Bertz CT molecular complexity index is 664. The first kappa shape index (κ1) is 17.9. The number of aliphatic hydroxyl groups is 1. The van der Waals surface area contributed by atoms with Gasteiger partial charge in [-0.1, -0.05) is 30.3 Å². The van der Waals surface area contributed by atoms with E-state index in [4.69, 9.17) is 4.74 Å². The molecule has 2 aromatic rings. The van der Waals surface area contributed by atoms with Gasteiger partial charge < -0.3 is 15.2 Å². The van der Waals surface area contributed by atoms with Gasteiger partial charge in [0.2, 0.25) is 0 Å². The molecule has 7 nitrogen and oxygen atoms in total. The van der Waals surface area contributed by atoms with Crippen LogP contribution in [0.2, 0.25) is 0 Å². The number of aliphatic hydroxyl groups excluding tert-OH is 1. The second-order valence-corrected chi connectivity index (χ2v) is 5.71. The minimum atomic E-state index is -0.492. The van der Waals surface area contributed by atoms with Crippen LogP contribution in [0.25, 0.3) is 0 Å². The number of nitrogens with zero attached hydrogens (tertiary/aromatic N) is 3. The van der Waals surface area contributed by atoms with Crippen LogP contribution in [0, 0.1) is 13.8 Å². The van der Waals surface area contributed by atoms with Crippen molar-refractivity contribution in [1.29, 1.82) is 0 Å². The molecule has 0 aliphatic carbocycles. The van der Waals surface area contributed by atoms with E-state index in [0.29, 0.717) is 26.1 Å². The molecule has 0 aliphatic heterocycles. The summed E-state index contributed by atoms with van der Waals surface area (Å²) in [5, 5.41) is 20.0. The SMILES string of the molecule is CCC(O)Cn1cc(C(=O)NCCOc2c(C)cccc2C)nn1. The first-order valence-electron chi connectivity index (χ1n) is 8.06. The van der Waals surface area contributed by atoms with E-state index in [1.165, 1.54) is 10.9 Å². The molecule has 24 heavy (non-hydrogen) atoms. The Morgan fingerprint density at radius 2 is 2.08 bits per heavy atom. The van der Waals surface area contributed by atoms with Crippen LogP contribution in [0.5, 0.6) is 5.75 Å². The summed E-state index contributed by atoms with van der Waals surface area (Å²) < 4.78 is 7.21. The molecule has 0 spiro atoms. The second kappa shape index (κ2) is 8.44. The Morgan fingerprint density at radius 1 is 1.38 bits per heavy atom. The third-order valence-corrected chi connectivity index (χ3v) is 3.68. The summed E-state index contributed by atoms with van der Waals surface area (Å²) in [5.74, 6) is 0.545. The van der Waals surface area contributed by atoms with Crippen molar-refractivity contribution >= 4 is 5.91 Å². The largest absolute Gasteiger partial charge is 0.491 e. The van der Waals surface area contributed by atoms with Gasteiger partial charge >= 0.3 is 0 Å². The van der Waals surface area contributed by atoms with Crippen molar-refractivity contribution in [2.24, 2.45) is 0 Å². The number of benzene rings is 1. The zero-order valence-electron chi connectivity index (χ0n) is 14.3. The van der Waals surface area contributed by atoms with Gasteiger partial charge in [0.05, 0.1) is 25.4 Å². The van der Waals surface area contributed by atoms with Gasteiger partial charge in [0, 0.05) is 0 Å². The number of nitrogens with one attached hydrogen (secondary N) is 1. The monoisotopic (exact) mass is 332 g/mol. The Labute approximate surface area is 141 Å². The van der Waals surface area contributed by atoms with Gasteiger partial charge in [-0.15, -0.1) is 5.10 Å². The average molecular weight is 332 g/mol. The number of aryl methyl sites for hydroxylation is 2. The van der Waals surface area contributed by atoms with Crippen molar-refractivity contribution in [3.8, 4) is 5.75 Å². The molecular weight excluding hydrogens is 308 g/mol. The van der Waals surface area contributed by atoms with Crippen LogP contribution < -0.4 is 10.1 Å². The first-order chi connectivity index (χ1) is 11.5. The van der Waals surface area contributed by atoms with Gasteiger partial charge in [0.25, 0.3) is 5.91 Å². The highest BCUT2D eigenvalue weighted by atomic mass is 16.5. The molecule has 0 radical (unpaired) electrons. The molecule has 7 heteroatoms. The molecule has 0 saturated carbocycles. The highest BCUT2D eigenvalue weighted by Crippen LogP contribution is 2.21. The summed E-state index contributed by atoms with van der Waals surface area (Å²) in [6.45, 7) is 6.93. The summed E-state index contributed by atoms with van der Waals surface area (Å²) in [6.07, 6.45) is 1.66. The lowest BCUT2D eigenvalue weighted by molar-refractivity contribution is 0.0941. The Balaban J connectivity index is 1.79. The molecule has 130 valence electrons. The van der Waals surface area contributed by atoms with E-state index in [-0.39, 0.29) is 11.6 Å². The van der Waals surface area contributed by atoms with Crippen molar-refractivity contribution in [2.75, 3.05) is 13.2 Å². The first-order valence-corrected chi connectivity index (χ1v) is 8.06. The normalized spacial score (nSPS) is 12.0. The molecule has 0 fully saturated rings. The molecule has 1 aromatic carbocycles. The minimum absolute atomic E-state index is 0.227. The highest BCUT2D eigenvalue weighted by molar-refractivity contribution is 5.91. The number of rotatable bonds is 8. The molecule has 1 heterocycles. The van der Waals surface area contributed by atoms with Gasteiger partial charge in [0.1, 0.15) is 12.4 Å². The molecule has 2 N–H and O–H groups in total. The zero-order valence-corrected chi connectivity index (χ0v) is 14.3. The van der Waals surface area contributed by atoms with E-state index in [1.807, 2.05) is 39.0 Å². The van der Waals surface area contributed by atoms with Gasteiger partial charge in [-0.2, -0.15) is 0 Å². The number of hydrogen-bond donors (Lipinski definition) is 2. The van der Waals surface area contributed by atoms with Gasteiger partial charge in [0.15, 0.2) is 5.69 Å². The maximum Gasteiger partial charge on any atom is 0.273 e. The number of amides is 1. The fraction of sp³-hybridized carbons (Fsp3) is 0.471. The van der Waals surface area contributed by atoms with Crippen LogP contribution in [-0.2, 0) is 6.54 Å². The van der Waals surface area contributed by atoms with Crippen LogP contribution in [-0.4, -0.2) is 45.3 Å².